The first-order chi connectivity index (χ1) is 7.21. The SMILES string of the molecule is CC(C)(C)c1ccc(C(C)(C)C)c2c1CC2. The predicted molar refractivity (Wildman–Crippen MR) is 71.3 cm³/mol. The van der Waals surface area contributed by atoms with Gasteiger partial charge in [0.25, 0.3) is 0 Å². The summed E-state index contributed by atoms with van der Waals surface area (Å²) >= 11 is 0. The Morgan fingerprint density at radius 3 is 1.19 bits per heavy atom. The van der Waals surface area contributed by atoms with E-state index in [-0.39, 0.29) is 0 Å². The van der Waals surface area contributed by atoms with Crippen LogP contribution in [0.3, 0.4) is 0 Å². The molecule has 0 saturated heterocycles. The van der Waals surface area contributed by atoms with Gasteiger partial charge in [-0.05, 0) is 45.9 Å². The summed E-state index contributed by atoms with van der Waals surface area (Å²) in [6, 6.07) is 4.72. The monoisotopic (exact) mass is 216 g/mol. The van der Waals surface area contributed by atoms with Gasteiger partial charge in [0.1, 0.15) is 0 Å². The molecular formula is C16H24. The van der Waals surface area contributed by atoms with Crippen LogP contribution in [0.15, 0.2) is 12.1 Å². The Balaban J connectivity index is 2.56. The van der Waals surface area contributed by atoms with E-state index in [9.17, 15) is 0 Å². The van der Waals surface area contributed by atoms with E-state index in [4.69, 9.17) is 0 Å². The van der Waals surface area contributed by atoms with E-state index in [0.29, 0.717) is 10.8 Å². The fourth-order valence-electron chi connectivity index (χ4n) is 2.74. The van der Waals surface area contributed by atoms with Gasteiger partial charge in [-0.2, -0.15) is 0 Å². The summed E-state index contributed by atoms with van der Waals surface area (Å²) in [5.74, 6) is 0. The Labute approximate surface area is 100 Å². The molecule has 0 N–H and O–H groups in total. The second kappa shape index (κ2) is 3.35. The minimum absolute atomic E-state index is 0.293. The highest BCUT2D eigenvalue weighted by Crippen LogP contribution is 2.40. The molecule has 0 radical (unpaired) electrons. The van der Waals surface area contributed by atoms with Crippen molar-refractivity contribution in [3.8, 4) is 0 Å². The lowest BCUT2D eigenvalue weighted by Crippen LogP contribution is -2.26. The molecule has 1 aromatic carbocycles. The third kappa shape index (κ3) is 1.79. The summed E-state index contributed by atoms with van der Waals surface area (Å²) < 4.78 is 0. The molecule has 0 spiro atoms. The molecule has 0 aromatic heterocycles. The Hall–Kier alpha value is -0.780. The van der Waals surface area contributed by atoms with Crippen molar-refractivity contribution in [1.82, 2.24) is 0 Å². The number of benzene rings is 1. The zero-order chi connectivity index (χ0) is 12.1. The summed E-state index contributed by atoms with van der Waals surface area (Å²) in [4.78, 5) is 0. The van der Waals surface area contributed by atoms with Gasteiger partial charge in [0.05, 0.1) is 0 Å². The molecule has 0 amide bonds. The highest BCUT2D eigenvalue weighted by Gasteiger charge is 2.29. The molecule has 88 valence electrons. The zero-order valence-electron chi connectivity index (χ0n) is 11.6. The van der Waals surface area contributed by atoms with Gasteiger partial charge >= 0.3 is 0 Å². The van der Waals surface area contributed by atoms with Crippen LogP contribution in [0.25, 0.3) is 0 Å². The van der Waals surface area contributed by atoms with Crippen LogP contribution in [0.5, 0.6) is 0 Å². The van der Waals surface area contributed by atoms with E-state index in [0.717, 1.165) is 0 Å². The van der Waals surface area contributed by atoms with Crippen molar-refractivity contribution in [3.05, 3.63) is 34.4 Å². The van der Waals surface area contributed by atoms with Crippen molar-refractivity contribution in [2.45, 2.75) is 65.2 Å². The number of hydrogen-bond acceptors (Lipinski definition) is 0. The molecule has 16 heavy (non-hydrogen) atoms. The van der Waals surface area contributed by atoms with Gasteiger partial charge in [0.15, 0.2) is 0 Å². The molecular weight excluding hydrogens is 192 g/mol. The predicted octanol–water partition coefficient (Wildman–Crippen LogP) is 4.38. The first-order valence-electron chi connectivity index (χ1n) is 6.37. The quantitative estimate of drug-likeness (QED) is 0.603. The third-order valence-electron chi connectivity index (χ3n) is 3.67. The molecule has 2 rings (SSSR count). The van der Waals surface area contributed by atoms with Crippen LogP contribution < -0.4 is 0 Å². The van der Waals surface area contributed by atoms with Gasteiger partial charge in [-0.15, -0.1) is 0 Å². The Morgan fingerprint density at radius 1 is 0.688 bits per heavy atom. The minimum Gasteiger partial charge on any atom is -0.0579 e. The fraction of sp³-hybridized carbons (Fsp3) is 0.625. The molecule has 0 saturated carbocycles. The van der Waals surface area contributed by atoms with E-state index >= 15 is 0 Å². The largest absolute Gasteiger partial charge is 0.0579 e. The molecule has 0 heterocycles. The van der Waals surface area contributed by atoms with Gasteiger partial charge in [-0.1, -0.05) is 53.7 Å². The molecule has 1 aliphatic rings. The van der Waals surface area contributed by atoms with Crippen molar-refractivity contribution < 1.29 is 0 Å². The molecule has 0 bridgehead atoms. The van der Waals surface area contributed by atoms with Gasteiger partial charge in [0, 0.05) is 0 Å². The van der Waals surface area contributed by atoms with Crippen molar-refractivity contribution in [1.29, 1.82) is 0 Å². The van der Waals surface area contributed by atoms with Gasteiger partial charge in [-0.3, -0.25) is 0 Å². The molecule has 0 nitrogen and oxygen atoms in total. The summed E-state index contributed by atoms with van der Waals surface area (Å²) in [5, 5.41) is 0. The molecule has 0 fully saturated rings. The van der Waals surface area contributed by atoms with Crippen LogP contribution >= 0.6 is 0 Å². The normalized spacial score (nSPS) is 15.6. The molecule has 0 aliphatic heterocycles. The highest BCUT2D eigenvalue weighted by molar-refractivity contribution is 5.51. The van der Waals surface area contributed by atoms with Crippen molar-refractivity contribution in [3.63, 3.8) is 0 Å². The zero-order valence-corrected chi connectivity index (χ0v) is 11.6. The van der Waals surface area contributed by atoms with Crippen molar-refractivity contribution >= 4 is 0 Å². The standard InChI is InChI=1S/C16H24/c1-15(2,3)13-9-10-14(16(4,5)6)12-8-7-11(12)13/h9-10H,7-8H2,1-6H3. The Bertz CT molecular complexity index is 370. The van der Waals surface area contributed by atoms with Crippen LogP contribution in [-0.2, 0) is 23.7 Å². The molecule has 1 aliphatic carbocycles. The van der Waals surface area contributed by atoms with Crippen LogP contribution in [0.4, 0.5) is 0 Å². The molecule has 0 heteroatoms. The maximum Gasteiger partial charge on any atom is -0.0129 e. The summed E-state index contributed by atoms with van der Waals surface area (Å²) in [5.41, 5.74) is 6.98. The molecule has 0 unspecified atom stereocenters. The molecule has 1 aromatic rings. The smallest absolute Gasteiger partial charge is 0.0129 e. The maximum absolute atomic E-state index is 2.36. The fourth-order valence-corrected chi connectivity index (χ4v) is 2.74. The van der Waals surface area contributed by atoms with Gasteiger partial charge in [-0.25, -0.2) is 0 Å². The summed E-state index contributed by atoms with van der Waals surface area (Å²) in [7, 11) is 0. The number of rotatable bonds is 0. The maximum atomic E-state index is 2.36. The average Bonchev–Trinajstić information content (AvgIpc) is 2.01. The lowest BCUT2D eigenvalue weighted by molar-refractivity contribution is 0.547. The van der Waals surface area contributed by atoms with E-state index in [1.165, 1.54) is 12.8 Å². The van der Waals surface area contributed by atoms with Crippen LogP contribution in [-0.4, -0.2) is 0 Å². The van der Waals surface area contributed by atoms with E-state index in [2.05, 4.69) is 53.7 Å². The summed E-state index contributed by atoms with van der Waals surface area (Å²) in [6.45, 7) is 13.9. The second-order valence-corrected chi connectivity index (χ2v) is 7.12. The lowest BCUT2D eigenvalue weighted by Gasteiger charge is -2.35. The first-order valence-corrected chi connectivity index (χ1v) is 6.37. The summed E-state index contributed by atoms with van der Waals surface area (Å²) in [6.07, 6.45) is 2.57. The van der Waals surface area contributed by atoms with Crippen molar-refractivity contribution in [2.24, 2.45) is 0 Å². The topological polar surface area (TPSA) is 0 Å². The van der Waals surface area contributed by atoms with Crippen LogP contribution in [0, 0.1) is 0 Å². The van der Waals surface area contributed by atoms with E-state index in [1.807, 2.05) is 0 Å². The van der Waals surface area contributed by atoms with Gasteiger partial charge in [0.2, 0.25) is 0 Å². The van der Waals surface area contributed by atoms with E-state index < -0.39 is 0 Å². The van der Waals surface area contributed by atoms with E-state index in [1.54, 1.807) is 22.3 Å². The molecule has 0 atom stereocenters. The van der Waals surface area contributed by atoms with Crippen molar-refractivity contribution in [2.75, 3.05) is 0 Å². The lowest BCUT2D eigenvalue weighted by atomic mass is 9.69. The Morgan fingerprint density at radius 2 is 1.00 bits per heavy atom. The Kier molecular flexibility index (Phi) is 2.45. The third-order valence-corrected chi connectivity index (χ3v) is 3.67. The minimum atomic E-state index is 0.293. The van der Waals surface area contributed by atoms with Crippen LogP contribution in [0.1, 0.15) is 63.8 Å². The number of fused-ring (bicyclic) bond motifs is 1. The van der Waals surface area contributed by atoms with Gasteiger partial charge < -0.3 is 0 Å². The number of hydrogen-bond donors (Lipinski definition) is 0. The highest BCUT2D eigenvalue weighted by atomic mass is 14.3. The average molecular weight is 216 g/mol. The second-order valence-electron chi connectivity index (χ2n) is 7.12. The first kappa shape index (κ1) is 11.7. The van der Waals surface area contributed by atoms with Crippen LogP contribution in [0.2, 0.25) is 0 Å².